The van der Waals surface area contributed by atoms with Crippen LogP contribution >= 0.6 is 0 Å². The van der Waals surface area contributed by atoms with Crippen LogP contribution in [0.1, 0.15) is 71.1 Å². The Labute approximate surface area is 134 Å². The molecule has 0 fully saturated rings. The molecular weight excluding hydrogens is 278 g/mol. The first-order chi connectivity index (χ1) is 10.7. The maximum Gasteiger partial charge on any atom is 0.273 e. The van der Waals surface area contributed by atoms with Gasteiger partial charge in [0.05, 0.1) is 17.6 Å². The van der Waals surface area contributed by atoms with Crippen LogP contribution in [0.5, 0.6) is 5.75 Å². The van der Waals surface area contributed by atoms with Crippen molar-refractivity contribution in [3.8, 4) is 5.75 Å². The Balaban J connectivity index is 1.97. The lowest BCUT2D eigenvalue weighted by Gasteiger charge is -2.06. The zero-order valence-corrected chi connectivity index (χ0v) is 13.8. The minimum absolute atomic E-state index is 0.0839. The van der Waals surface area contributed by atoms with Crippen molar-refractivity contribution in [2.24, 2.45) is 0 Å². The molecule has 1 aromatic rings. The topological polar surface area (TPSA) is 52.4 Å². The first-order valence-electron chi connectivity index (χ1n) is 8.61. The van der Waals surface area contributed by atoms with Crippen LogP contribution in [0, 0.1) is 10.1 Å². The van der Waals surface area contributed by atoms with E-state index in [1.165, 1.54) is 69.9 Å². The van der Waals surface area contributed by atoms with Crippen LogP contribution in [-0.4, -0.2) is 11.5 Å². The van der Waals surface area contributed by atoms with Gasteiger partial charge in [-0.25, -0.2) is 0 Å². The molecule has 0 aliphatic rings. The maximum absolute atomic E-state index is 10.7. The van der Waals surface area contributed by atoms with E-state index in [4.69, 9.17) is 4.74 Å². The number of non-ortho nitro benzene ring substituents is 1. The van der Waals surface area contributed by atoms with Crippen molar-refractivity contribution in [2.45, 2.75) is 71.1 Å². The van der Waals surface area contributed by atoms with Crippen LogP contribution < -0.4 is 4.74 Å². The molecule has 1 aromatic carbocycles. The minimum atomic E-state index is -0.395. The third-order valence-electron chi connectivity index (χ3n) is 3.80. The quantitative estimate of drug-likeness (QED) is 0.259. The van der Waals surface area contributed by atoms with E-state index in [0.29, 0.717) is 12.4 Å². The van der Waals surface area contributed by atoms with Crippen LogP contribution in [-0.2, 0) is 0 Å². The highest BCUT2D eigenvalue weighted by Gasteiger charge is 2.05. The molecule has 0 amide bonds. The summed E-state index contributed by atoms with van der Waals surface area (Å²) in [6.45, 7) is 2.88. The lowest BCUT2D eigenvalue weighted by molar-refractivity contribution is -0.384. The van der Waals surface area contributed by atoms with Crippen LogP contribution in [0.2, 0.25) is 0 Å². The van der Waals surface area contributed by atoms with Gasteiger partial charge in [-0.1, -0.05) is 70.8 Å². The Morgan fingerprint density at radius 1 is 0.955 bits per heavy atom. The highest BCUT2D eigenvalue weighted by Crippen LogP contribution is 2.19. The summed E-state index contributed by atoms with van der Waals surface area (Å²) >= 11 is 0. The third-order valence-corrected chi connectivity index (χ3v) is 3.80. The standard InChI is InChI=1S/C18H29NO3/c1-2-3-4-5-6-7-8-9-10-11-15-22-18-14-12-13-17(16-18)19(20)21/h12-14,16H,2-11,15H2,1H3. The number of benzene rings is 1. The summed E-state index contributed by atoms with van der Waals surface area (Å²) in [6.07, 6.45) is 12.9. The largest absolute Gasteiger partial charge is 0.493 e. The molecule has 0 atom stereocenters. The van der Waals surface area contributed by atoms with E-state index < -0.39 is 4.92 Å². The average molecular weight is 307 g/mol. The average Bonchev–Trinajstić information content (AvgIpc) is 2.53. The zero-order chi connectivity index (χ0) is 16.0. The minimum Gasteiger partial charge on any atom is -0.493 e. The fourth-order valence-electron chi connectivity index (χ4n) is 2.47. The summed E-state index contributed by atoms with van der Waals surface area (Å²) in [7, 11) is 0. The van der Waals surface area contributed by atoms with Gasteiger partial charge in [0.25, 0.3) is 5.69 Å². The van der Waals surface area contributed by atoms with Gasteiger partial charge in [-0.15, -0.1) is 0 Å². The molecule has 0 saturated heterocycles. The van der Waals surface area contributed by atoms with Crippen molar-refractivity contribution < 1.29 is 9.66 Å². The summed E-state index contributed by atoms with van der Waals surface area (Å²) in [4.78, 5) is 10.3. The Bertz CT molecular complexity index is 421. The van der Waals surface area contributed by atoms with Crippen molar-refractivity contribution >= 4 is 5.69 Å². The molecule has 0 saturated carbocycles. The van der Waals surface area contributed by atoms with Gasteiger partial charge in [-0.2, -0.15) is 0 Å². The fourth-order valence-corrected chi connectivity index (χ4v) is 2.47. The number of hydrogen-bond donors (Lipinski definition) is 0. The normalized spacial score (nSPS) is 10.6. The van der Waals surface area contributed by atoms with Crippen molar-refractivity contribution in [1.29, 1.82) is 0 Å². The van der Waals surface area contributed by atoms with Gasteiger partial charge < -0.3 is 4.74 Å². The number of nitro groups is 1. The number of nitrogens with zero attached hydrogens (tertiary/aromatic N) is 1. The second-order valence-electron chi connectivity index (χ2n) is 5.78. The van der Waals surface area contributed by atoms with Gasteiger partial charge in [0.15, 0.2) is 0 Å². The smallest absolute Gasteiger partial charge is 0.273 e. The van der Waals surface area contributed by atoms with E-state index in [-0.39, 0.29) is 5.69 Å². The molecule has 0 bridgehead atoms. The predicted molar refractivity (Wildman–Crippen MR) is 90.4 cm³/mol. The number of rotatable bonds is 13. The molecule has 0 unspecified atom stereocenters. The zero-order valence-electron chi connectivity index (χ0n) is 13.8. The van der Waals surface area contributed by atoms with Crippen LogP contribution in [0.25, 0.3) is 0 Å². The summed E-state index contributed by atoms with van der Waals surface area (Å²) < 4.78 is 5.56. The van der Waals surface area contributed by atoms with Gasteiger partial charge in [-0.3, -0.25) is 10.1 Å². The third kappa shape index (κ3) is 8.65. The maximum atomic E-state index is 10.7. The molecule has 4 heteroatoms. The van der Waals surface area contributed by atoms with E-state index >= 15 is 0 Å². The molecule has 124 valence electrons. The SMILES string of the molecule is CCCCCCCCCCCCOc1cccc([N+](=O)[O-])c1. The van der Waals surface area contributed by atoms with Crippen LogP contribution in [0.3, 0.4) is 0 Å². The second-order valence-corrected chi connectivity index (χ2v) is 5.78. The first-order valence-corrected chi connectivity index (χ1v) is 8.61. The van der Waals surface area contributed by atoms with E-state index in [2.05, 4.69) is 6.92 Å². The van der Waals surface area contributed by atoms with E-state index in [1.807, 2.05) is 0 Å². The number of ether oxygens (including phenoxy) is 1. The number of hydrogen-bond acceptors (Lipinski definition) is 3. The molecule has 0 heterocycles. The second kappa shape index (κ2) is 12.0. The van der Waals surface area contributed by atoms with Gasteiger partial charge in [0.2, 0.25) is 0 Å². The molecule has 0 spiro atoms. The fraction of sp³-hybridized carbons (Fsp3) is 0.667. The number of unbranched alkanes of at least 4 members (excludes halogenated alkanes) is 9. The molecule has 0 aliphatic carbocycles. The van der Waals surface area contributed by atoms with E-state index in [1.54, 1.807) is 12.1 Å². The monoisotopic (exact) mass is 307 g/mol. The molecule has 0 radical (unpaired) electrons. The number of nitro benzene ring substituents is 1. The predicted octanol–water partition coefficient (Wildman–Crippen LogP) is 5.89. The summed E-state index contributed by atoms with van der Waals surface area (Å²) in [5, 5.41) is 10.7. The van der Waals surface area contributed by atoms with E-state index in [0.717, 1.165) is 6.42 Å². The molecule has 0 N–H and O–H groups in total. The van der Waals surface area contributed by atoms with Gasteiger partial charge in [-0.05, 0) is 12.5 Å². The Kier molecular flexibility index (Phi) is 10.1. The first kappa shape index (κ1) is 18.5. The Morgan fingerprint density at radius 3 is 2.14 bits per heavy atom. The highest BCUT2D eigenvalue weighted by atomic mass is 16.6. The summed E-state index contributed by atoms with van der Waals surface area (Å²) in [5.74, 6) is 0.588. The van der Waals surface area contributed by atoms with Crippen LogP contribution in [0.4, 0.5) is 5.69 Å². The molecule has 4 nitrogen and oxygen atoms in total. The summed E-state index contributed by atoms with van der Waals surface area (Å²) in [5.41, 5.74) is 0.0839. The Hall–Kier alpha value is -1.58. The molecular formula is C18H29NO3. The molecule has 22 heavy (non-hydrogen) atoms. The van der Waals surface area contributed by atoms with Crippen molar-refractivity contribution in [2.75, 3.05) is 6.61 Å². The van der Waals surface area contributed by atoms with Crippen LogP contribution in [0.15, 0.2) is 24.3 Å². The molecule has 0 aromatic heterocycles. The van der Waals surface area contributed by atoms with Crippen molar-refractivity contribution in [1.82, 2.24) is 0 Å². The van der Waals surface area contributed by atoms with Crippen molar-refractivity contribution in [3.63, 3.8) is 0 Å². The van der Waals surface area contributed by atoms with Gasteiger partial charge in [0.1, 0.15) is 5.75 Å². The van der Waals surface area contributed by atoms with Gasteiger partial charge >= 0.3 is 0 Å². The Morgan fingerprint density at radius 2 is 1.55 bits per heavy atom. The van der Waals surface area contributed by atoms with Crippen molar-refractivity contribution in [3.05, 3.63) is 34.4 Å². The summed E-state index contributed by atoms with van der Waals surface area (Å²) in [6, 6.07) is 6.39. The molecule has 0 aliphatic heterocycles. The lowest BCUT2D eigenvalue weighted by Crippen LogP contribution is -1.98. The lowest BCUT2D eigenvalue weighted by atomic mass is 10.1. The highest BCUT2D eigenvalue weighted by molar-refractivity contribution is 5.37. The molecule has 1 rings (SSSR count). The van der Waals surface area contributed by atoms with E-state index in [9.17, 15) is 10.1 Å². The van der Waals surface area contributed by atoms with Gasteiger partial charge in [0, 0.05) is 6.07 Å².